The fourth-order valence-electron chi connectivity index (χ4n) is 1.42. The van der Waals surface area contributed by atoms with E-state index < -0.39 is 36.7 Å². The van der Waals surface area contributed by atoms with Gasteiger partial charge in [-0.05, 0) is 0 Å². The molecular formula is C10H9F4NO4. The normalized spacial score (nSPS) is 11.2. The van der Waals surface area contributed by atoms with Crippen molar-refractivity contribution in [1.29, 1.82) is 0 Å². The van der Waals surface area contributed by atoms with Crippen LogP contribution in [0.15, 0.2) is 6.20 Å². The average molecular weight is 283 g/mol. The lowest BCUT2D eigenvalue weighted by molar-refractivity contribution is -0.275. The van der Waals surface area contributed by atoms with Gasteiger partial charge in [-0.25, -0.2) is 9.37 Å². The molecule has 1 aromatic rings. The number of aromatic nitrogens is 1. The van der Waals surface area contributed by atoms with Crippen molar-refractivity contribution in [3.05, 3.63) is 17.3 Å². The highest BCUT2D eigenvalue weighted by Crippen LogP contribution is 2.32. The van der Waals surface area contributed by atoms with Gasteiger partial charge in [-0.2, -0.15) is 0 Å². The summed E-state index contributed by atoms with van der Waals surface area (Å²) in [5.41, 5.74) is -0.842. The Hall–Kier alpha value is -2.06. The van der Waals surface area contributed by atoms with E-state index in [-0.39, 0.29) is 11.4 Å². The van der Waals surface area contributed by atoms with Crippen molar-refractivity contribution >= 4 is 5.97 Å². The molecule has 9 heteroatoms. The molecule has 0 aliphatic rings. The Labute approximate surface area is 104 Å². The average Bonchev–Trinajstić information content (AvgIpc) is 2.28. The highest BCUT2D eigenvalue weighted by molar-refractivity contribution is 5.72. The number of halogens is 4. The van der Waals surface area contributed by atoms with Crippen molar-refractivity contribution in [2.75, 3.05) is 7.11 Å². The van der Waals surface area contributed by atoms with Crippen molar-refractivity contribution in [3.63, 3.8) is 0 Å². The van der Waals surface area contributed by atoms with Gasteiger partial charge >= 0.3 is 12.3 Å². The lowest BCUT2D eigenvalue weighted by Gasteiger charge is -2.15. The van der Waals surface area contributed by atoms with Gasteiger partial charge in [0.05, 0.1) is 25.3 Å². The van der Waals surface area contributed by atoms with Gasteiger partial charge < -0.3 is 14.6 Å². The molecule has 0 bridgehead atoms. The maximum Gasteiger partial charge on any atom is 0.573 e. The Bertz CT molecular complexity index is 475. The van der Waals surface area contributed by atoms with Crippen LogP contribution in [0, 0.1) is 0 Å². The molecule has 0 fully saturated rings. The first-order valence-corrected chi connectivity index (χ1v) is 4.86. The number of hydrogen-bond acceptors (Lipinski definition) is 4. The predicted molar refractivity (Wildman–Crippen MR) is 53.6 cm³/mol. The molecular weight excluding hydrogens is 274 g/mol. The fourth-order valence-corrected chi connectivity index (χ4v) is 1.42. The topological polar surface area (TPSA) is 68.7 Å². The zero-order chi connectivity index (χ0) is 14.6. The molecule has 0 amide bonds. The van der Waals surface area contributed by atoms with Crippen LogP contribution >= 0.6 is 0 Å². The molecule has 19 heavy (non-hydrogen) atoms. The summed E-state index contributed by atoms with van der Waals surface area (Å²) >= 11 is 0. The third kappa shape index (κ3) is 3.97. The quantitative estimate of drug-likeness (QED) is 0.838. The highest BCUT2D eigenvalue weighted by atomic mass is 19.4. The maximum atomic E-state index is 12.8. The molecule has 0 saturated carbocycles. The van der Waals surface area contributed by atoms with E-state index in [1.807, 2.05) is 0 Å². The van der Waals surface area contributed by atoms with E-state index in [9.17, 15) is 22.4 Å². The van der Waals surface area contributed by atoms with Crippen molar-refractivity contribution in [2.45, 2.75) is 19.5 Å². The summed E-state index contributed by atoms with van der Waals surface area (Å²) in [5.74, 6) is -2.58. The van der Waals surface area contributed by atoms with E-state index in [2.05, 4.69) is 14.5 Å². The lowest BCUT2D eigenvalue weighted by Crippen LogP contribution is -2.20. The summed E-state index contributed by atoms with van der Waals surface area (Å²) in [7, 11) is 1.14. The van der Waals surface area contributed by atoms with Crippen LogP contribution in [0.2, 0.25) is 0 Å². The molecule has 5 nitrogen and oxygen atoms in total. The van der Waals surface area contributed by atoms with Crippen LogP contribution in [0.3, 0.4) is 0 Å². The van der Waals surface area contributed by atoms with E-state index in [4.69, 9.17) is 5.11 Å². The number of carbonyl (C=O) groups is 1. The van der Waals surface area contributed by atoms with Crippen LogP contribution in [0.5, 0.6) is 11.6 Å². The van der Waals surface area contributed by atoms with Gasteiger partial charge in [0, 0.05) is 5.56 Å². The van der Waals surface area contributed by atoms with Gasteiger partial charge in [-0.3, -0.25) is 4.79 Å². The number of pyridine rings is 1. The Kier molecular flexibility index (Phi) is 4.52. The van der Waals surface area contributed by atoms with Gasteiger partial charge in [0.1, 0.15) is 6.67 Å². The molecule has 0 aliphatic heterocycles. The first-order valence-electron chi connectivity index (χ1n) is 4.86. The number of aliphatic carboxylic acids is 1. The Morgan fingerprint density at radius 3 is 2.47 bits per heavy atom. The third-order valence-corrected chi connectivity index (χ3v) is 2.10. The largest absolute Gasteiger partial charge is 0.573 e. The van der Waals surface area contributed by atoms with Gasteiger partial charge in [-0.1, -0.05) is 0 Å². The highest BCUT2D eigenvalue weighted by Gasteiger charge is 2.33. The van der Waals surface area contributed by atoms with E-state index in [1.54, 1.807) is 0 Å². The number of methoxy groups -OCH3 is 1. The number of alkyl halides is 4. The minimum atomic E-state index is -5.03. The fraction of sp³-hybridized carbons (Fsp3) is 0.400. The molecule has 0 aromatic carbocycles. The van der Waals surface area contributed by atoms with E-state index in [1.165, 1.54) is 0 Å². The summed E-state index contributed by atoms with van der Waals surface area (Å²) in [6.07, 6.45) is -5.23. The predicted octanol–water partition coefficient (Wildman–Crippen LogP) is 2.09. The second-order valence-corrected chi connectivity index (χ2v) is 3.34. The van der Waals surface area contributed by atoms with Crippen molar-refractivity contribution in [3.8, 4) is 11.6 Å². The number of ether oxygens (including phenoxy) is 2. The first kappa shape index (κ1) is 15.0. The third-order valence-electron chi connectivity index (χ3n) is 2.10. The molecule has 1 aromatic heterocycles. The SMILES string of the molecule is COc1ncc(OC(F)(F)F)c(CC(=O)O)c1CF. The minimum Gasteiger partial charge on any atom is -0.481 e. The Morgan fingerprint density at radius 1 is 1.42 bits per heavy atom. The molecule has 1 N–H and O–H groups in total. The Morgan fingerprint density at radius 2 is 2.05 bits per heavy atom. The summed E-state index contributed by atoms with van der Waals surface area (Å²) in [6.45, 7) is -1.23. The molecule has 0 spiro atoms. The van der Waals surface area contributed by atoms with Crippen LogP contribution in [0.4, 0.5) is 17.6 Å². The van der Waals surface area contributed by atoms with E-state index in [0.29, 0.717) is 6.20 Å². The summed E-state index contributed by atoms with van der Waals surface area (Å²) < 4.78 is 57.6. The summed E-state index contributed by atoms with van der Waals surface area (Å²) in [4.78, 5) is 14.1. The number of carboxylic acids is 1. The van der Waals surface area contributed by atoms with Gasteiger partial charge in [0.15, 0.2) is 5.75 Å². The van der Waals surface area contributed by atoms with Gasteiger partial charge in [-0.15, -0.1) is 13.2 Å². The zero-order valence-corrected chi connectivity index (χ0v) is 9.62. The molecule has 0 aliphatic carbocycles. The van der Waals surface area contributed by atoms with Gasteiger partial charge in [0.25, 0.3) is 0 Å². The van der Waals surface area contributed by atoms with Crippen LogP contribution in [-0.2, 0) is 17.9 Å². The van der Waals surface area contributed by atoms with Gasteiger partial charge in [0.2, 0.25) is 5.88 Å². The van der Waals surface area contributed by atoms with E-state index in [0.717, 1.165) is 7.11 Å². The molecule has 1 heterocycles. The van der Waals surface area contributed by atoms with Crippen molar-refractivity contribution < 1.29 is 36.9 Å². The second-order valence-electron chi connectivity index (χ2n) is 3.34. The van der Waals surface area contributed by atoms with Crippen molar-refractivity contribution in [1.82, 2.24) is 4.98 Å². The number of hydrogen-bond donors (Lipinski definition) is 1. The standard InChI is InChI=1S/C10H9F4NO4/c1-18-9-6(3-11)5(2-8(16)17)7(4-15-9)19-10(12,13)14/h4H,2-3H2,1H3,(H,16,17). The Balaban J connectivity index is 3.33. The molecule has 0 atom stereocenters. The zero-order valence-electron chi connectivity index (χ0n) is 9.62. The summed E-state index contributed by atoms with van der Waals surface area (Å²) in [6, 6.07) is 0. The van der Waals surface area contributed by atoms with E-state index >= 15 is 0 Å². The second kappa shape index (κ2) is 5.72. The molecule has 106 valence electrons. The maximum absolute atomic E-state index is 12.8. The number of carboxylic acid groups (broad SMARTS) is 1. The molecule has 0 unspecified atom stereocenters. The van der Waals surface area contributed by atoms with Crippen LogP contribution in [0.1, 0.15) is 11.1 Å². The van der Waals surface area contributed by atoms with Crippen LogP contribution < -0.4 is 9.47 Å². The number of rotatable bonds is 5. The van der Waals surface area contributed by atoms with Crippen LogP contribution in [0.25, 0.3) is 0 Å². The van der Waals surface area contributed by atoms with Crippen LogP contribution in [-0.4, -0.2) is 29.5 Å². The minimum absolute atomic E-state index is 0.284. The lowest BCUT2D eigenvalue weighted by atomic mass is 10.1. The monoisotopic (exact) mass is 283 g/mol. The van der Waals surface area contributed by atoms with Crippen molar-refractivity contribution in [2.24, 2.45) is 0 Å². The molecule has 0 saturated heterocycles. The first-order chi connectivity index (χ1) is 8.78. The summed E-state index contributed by atoms with van der Waals surface area (Å²) in [5, 5.41) is 8.65. The smallest absolute Gasteiger partial charge is 0.481 e. The molecule has 0 radical (unpaired) electrons. The number of nitrogens with zero attached hydrogens (tertiary/aromatic N) is 1. The molecule has 1 rings (SSSR count).